The van der Waals surface area contributed by atoms with Gasteiger partial charge in [0, 0.05) is 0 Å². The number of carbonyl (C=O) groups is 1. The van der Waals surface area contributed by atoms with E-state index in [1.54, 1.807) is 12.1 Å². The molecule has 0 aromatic heterocycles. The van der Waals surface area contributed by atoms with Gasteiger partial charge >= 0.3 is 0 Å². The van der Waals surface area contributed by atoms with Gasteiger partial charge in [-0.25, -0.2) is 0 Å². The van der Waals surface area contributed by atoms with E-state index in [1.807, 2.05) is 6.26 Å². The fourth-order valence-electron chi connectivity index (χ4n) is 1.04. The maximum atomic E-state index is 11.0. The summed E-state index contributed by atoms with van der Waals surface area (Å²) in [6, 6.07) is 3.34. The van der Waals surface area contributed by atoms with Crippen molar-refractivity contribution < 1.29 is 9.53 Å². The number of ether oxygens (including phenoxy) is 1. The molecule has 0 radical (unpaired) electrons. The molecule has 0 N–H and O–H groups in total. The van der Waals surface area contributed by atoms with Crippen LogP contribution in [-0.2, 0) is 0 Å². The van der Waals surface area contributed by atoms with Gasteiger partial charge in [-0.05, 0) is 30.0 Å². The maximum Gasteiger partial charge on any atom is 0.254 e. The summed E-state index contributed by atoms with van der Waals surface area (Å²) in [6.45, 7) is 0. The largest absolute Gasteiger partial charge is 0.494 e. The number of hydrogen-bond acceptors (Lipinski definition) is 3. The van der Waals surface area contributed by atoms with Crippen molar-refractivity contribution in [2.24, 2.45) is 0 Å². The summed E-state index contributed by atoms with van der Waals surface area (Å²) >= 11 is 12.8. The Hall–Kier alpha value is -0.380. The van der Waals surface area contributed by atoms with Crippen LogP contribution < -0.4 is 4.74 Å². The first-order chi connectivity index (χ1) is 6.61. The number of hydrogen-bond donors (Lipinski definition) is 0. The van der Waals surface area contributed by atoms with Crippen LogP contribution in [0, 0.1) is 0 Å². The molecule has 0 heterocycles. The highest BCUT2D eigenvalue weighted by atomic mass is 35.5. The van der Waals surface area contributed by atoms with Gasteiger partial charge in [0.2, 0.25) is 0 Å². The summed E-state index contributed by atoms with van der Waals surface area (Å²) in [4.78, 5) is 11.8. The van der Waals surface area contributed by atoms with Crippen molar-refractivity contribution in [1.29, 1.82) is 0 Å². The van der Waals surface area contributed by atoms with E-state index in [9.17, 15) is 4.79 Å². The average Bonchev–Trinajstić information content (AvgIpc) is 2.16. The zero-order valence-corrected chi connectivity index (χ0v) is 9.96. The summed E-state index contributed by atoms with van der Waals surface area (Å²) in [5, 5.41) is -0.319. The molecule has 0 fully saturated rings. The molecule has 0 amide bonds. The third kappa shape index (κ3) is 2.16. The number of thioether (sulfide) groups is 1. The number of carbonyl (C=O) groups excluding carboxylic acids is 1. The minimum Gasteiger partial charge on any atom is -0.494 e. The first kappa shape index (κ1) is 11.7. The monoisotopic (exact) mass is 250 g/mol. The Morgan fingerprint density at radius 3 is 2.57 bits per heavy atom. The van der Waals surface area contributed by atoms with Crippen molar-refractivity contribution in [2.75, 3.05) is 13.4 Å². The van der Waals surface area contributed by atoms with Crippen LogP contribution in [-0.4, -0.2) is 18.6 Å². The van der Waals surface area contributed by atoms with Crippen LogP contribution in [0.2, 0.25) is 5.02 Å². The van der Waals surface area contributed by atoms with Gasteiger partial charge in [0.15, 0.2) is 5.75 Å². The number of methoxy groups -OCH3 is 1. The van der Waals surface area contributed by atoms with Gasteiger partial charge in [-0.2, -0.15) is 0 Å². The topological polar surface area (TPSA) is 26.3 Å². The Balaban J connectivity index is 3.34. The minimum absolute atomic E-state index is 0.263. The molecule has 14 heavy (non-hydrogen) atoms. The predicted molar refractivity (Wildman–Crippen MR) is 60.0 cm³/mol. The summed E-state index contributed by atoms with van der Waals surface area (Å²) in [5.74, 6) is 0.491. The molecule has 0 bridgehead atoms. The van der Waals surface area contributed by atoms with Gasteiger partial charge in [-0.15, -0.1) is 11.8 Å². The molecule has 0 unspecified atom stereocenters. The summed E-state index contributed by atoms with van der Waals surface area (Å²) in [5.41, 5.74) is 0.267. The Bertz CT molecular complexity index is 366. The van der Waals surface area contributed by atoms with Crippen LogP contribution >= 0.6 is 35.0 Å². The third-order valence-corrected chi connectivity index (χ3v) is 3.04. The standard InChI is InChI=1S/C9H8Cl2O2S/c1-13-8-6(14-2)4-3-5(7(8)10)9(11)12/h3-4H,1-2H3. The van der Waals surface area contributed by atoms with Crippen molar-refractivity contribution in [3.63, 3.8) is 0 Å². The lowest BCUT2D eigenvalue weighted by Crippen LogP contribution is -1.95. The molecule has 5 heteroatoms. The van der Waals surface area contributed by atoms with Gasteiger partial charge in [-0.1, -0.05) is 11.6 Å². The van der Waals surface area contributed by atoms with Gasteiger partial charge in [0.05, 0.1) is 22.6 Å². The fraction of sp³-hybridized carbons (Fsp3) is 0.222. The molecule has 1 rings (SSSR count). The van der Waals surface area contributed by atoms with Crippen LogP contribution in [0.5, 0.6) is 5.75 Å². The Morgan fingerprint density at radius 1 is 1.50 bits per heavy atom. The molecule has 2 nitrogen and oxygen atoms in total. The number of halogens is 2. The lowest BCUT2D eigenvalue weighted by atomic mass is 10.2. The van der Waals surface area contributed by atoms with Crippen molar-refractivity contribution in [3.8, 4) is 5.75 Å². The van der Waals surface area contributed by atoms with Crippen LogP contribution in [0.25, 0.3) is 0 Å². The molecule has 1 aromatic rings. The minimum atomic E-state index is -0.582. The third-order valence-electron chi connectivity index (χ3n) is 1.70. The molecule has 1 aromatic carbocycles. The Kier molecular flexibility index (Phi) is 4.11. The van der Waals surface area contributed by atoms with Crippen molar-refractivity contribution in [3.05, 3.63) is 22.7 Å². The van der Waals surface area contributed by atoms with Crippen LogP contribution in [0.4, 0.5) is 0 Å². The molecular weight excluding hydrogens is 243 g/mol. The Morgan fingerprint density at radius 2 is 2.14 bits per heavy atom. The zero-order chi connectivity index (χ0) is 10.7. The van der Waals surface area contributed by atoms with E-state index < -0.39 is 5.24 Å². The lowest BCUT2D eigenvalue weighted by molar-refractivity contribution is 0.108. The predicted octanol–water partition coefficient (Wildman–Crippen LogP) is 3.45. The normalized spacial score (nSPS) is 10.0. The second-order valence-electron chi connectivity index (χ2n) is 2.44. The van der Waals surface area contributed by atoms with E-state index in [4.69, 9.17) is 27.9 Å². The van der Waals surface area contributed by atoms with Gasteiger partial charge < -0.3 is 4.74 Å². The Labute approximate surface area is 96.5 Å². The van der Waals surface area contributed by atoms with Crippen molar-refractivity contribution in [1.82, 2.24) is 0 Å². The van der Waals surface area contributed by atoms with Gasteiger partial charge in [0.25, 0.3) is 5.24 Å². The molecule has 0 saturated heterocycles. The molecule has 0 spiro atoms. The SMILES string of the molecule is COc1c(SC)ccc(C(=O)Cl)c1Cl. The number of benzene rings is 1. The number of rotatable bonds is 3. The highest BCUT2D eigenvalue weighted by molar-refractivity contribution is 7.98. The van der Waals surface area contributed by atoms with E-state index in [-0.39, 0.29) is 10.6 Å². The van der Waals surface area contributed by atoms with E-state index in [1.165, 1.54) is 18.9 Å². The quantitative estimate of drug-likeness (QED) is 0.608. The fourth-order valence-corrected chi connectivity index (χ4v) is 2.21. The maximum absolute atomic E-state index is 11.0. The highest BCUT2D eigenvalue weighted by Crippen LogP contribution is 2.37. The van der Waals surface area contributed by atoms with Gasteiger partial charge in [0.1, 0.15) is 0 Å². The average molecular weight is 251 g/mol. The van der Waals surface area contributed by atoms with Gasteiger partial charge in [-0.3, -0.25) is 4.79 Å². The molecule has 0 aliphatic heterocycles. The first-order valence-corrected chi connectivity index (χ1v) is 5.70. The summed E-state index contributed by atoms with van der Waals surface area (Å²) in [6.07, 6.45) is 1.90. The molecule has 0 aliphatic rings. The molecule has 0 aliphatic carbocycles. The molecule has 0 saturated carbocycles. The van der Waals surface area contributed by atoms with Crippen molar-refractivity contribution in [2.45, 2.75) is 4.90 Å². The van der Waals surface area contributed by atoms with E-state index in [0.29, 0.717) is 5.75 Å². The zero-order valence-electron chi connectivity index (χ0n) is 7.64. The first-order valence-electron chi connectivity index (χ1n) is 3.72. The molecule has 0 atom stereocenters. The van der Waals surface area contributed by atoms with E-state index in [2.05, 4.69) is 0 Å². The van der Waals surface area contributed by atoms with E-state index >= 15 is 0 Å². The van der Waals surface area contributed by atoms with Crippen molar-refractivity contribution >= 4 is 40.2 Å². The van der Waals surface area contributed by atoms with Crippen LogP contribution in [0.15, 0.2) is 17.0 Å². The second kappa shape index (κ2) is 4.91. The molecular formula is C9H8Cl2O2S. The summed E-state index contributed by atoms with van der Waals surface area (Å²) < 4.78 is 5.09. The molecule has 76 valence electrons. The highest BCUT2D eigenvalue weighted by Gasteiger charge is 2.15. The summed E-state index contributed by atoms with van der Waals surface area (Å²) in [7, 11) is 1.50. The second-order valence-corrected chi connectivity index (χ2v) is 4.01. The smallest absolute Gasteiger partial charge is 0.254 e. The van der Waals surface area contributed by atoms with E-state index in [0.717, 1.165) is 4.90 Å². The van der Waals surface area contributed by atoms with Crippen LogP contribution in [0.1, 0.15) is 10.4 Å². The van der Waals surface area contributed by atoms with Crippen LogP contribution in [0.3, 0.4) is 0 Å². The lowest BCUT2D eigenvalue weighted by Gasteiger charge is -2.09.